The number of carbonyl (C=O) groups excluding carboxylic acids is 2. The van der Waals surface area contributed by atoms with Crippen LogP contribution in [0.15, 0.2) is 70.4 Å². The Morgan fingerprint density at radius 3 is 2.06 bits per heavy atom. The van der Waals surface area contributed by atoms with Crippen LogP contribution in [0, 0.1) is 0 Å². The summed E-state index contributed by atoms with van der Waals surface area (Å²) in [6, 6.07) is 16.0. The zero-order valence-electron chi connectivity index (χ0n) is 18.3. The van der Waals surface area contributed by atoms with Crippen LogP contribution in [0.3, 0.4) is 0 Å². The van der Waals surface area contributed by atoms with Crippen LogP contribution in [0.5, 0.6) is 0 Å². The van der Waals surface area contributed by atoms with Gasteiger partial charge in [0.2, 0.25) is 5.78 Å². The molecule has 0 N–H and O–H groups in total. The van der Waals surface area contributed by atoms with E-state index >= 15 is 0 Å². The van der Waals surface area contributed by atoms with Gasteiger partial charge in [0.05, 0.1) is 23.4 Å². The Morgan fingerprint density at radius 2 is 1.41 bits per heavy atom. The van der Waals surface area contributed by atoms with Gasteiger partial charge >= 0.3 is 5.69 Å². The first-order valence-corrected chi connectivity index (χ1v) is 10.6. The maximum atomic E-state index is 13.0. The van der Waals surface area contributed by atoms with Crippen molar-refractivity contribution in [1.82, 2.24) is 28.0 Å². The number of imidazole rings is 2. The maximum absolute atomic E-state index is 13.0. The van der Waals surface area contributed by atoms with Crippen molar-refractivity contribution in [2.24, 2.45) is 14.1 Å². The largest absolute Gasteiger partial charge is 0.332 e. The van der Waals surface area contributed by atoms with Crippen LogP contribution in [0.4, 0.5) is 0 Å². The highest BCUT2D eigenvalue weighted by Gasteiger charge is 2.36. The van der Waals surface area contributed by atoms with Crippen molar-refractivity contribution in [3.8, 4) is 5.69 Å². The number of aryl methyl sites for hydroxylation is 1. The van der Waals surface area contributed by atoms with Gasteiger partial charge < -0.3 is 0 Å². The molecular formula is C24H18N6O4. The smallest absolute Gasteiger partial charge is 0.281 e. The highest BCUT2D eigenvalue weighted by Crippen LogP contribution is 2.27. The Morgan fingerprint density at radius 1 is 0.794 bits per heavy atom. The summed E-state index contributed by atoms with van der Waals surface area (Å²) in [6.45, 7) is -0.0157. The normalized spacial score (nSPS) is 13.4. The zero-order chi connectivity index (χ0) is 23.7. The number of rotatable bonds is 3. The fraction of sp³-hybridized carbons (Fsp3) is 0.125. The fourth-order valence-corrected chi connectivity index (χ4v) is 4.53. The summed E-state index contributed by atoms with van der Waals surface area (Å²) in [5.41, 5.74) is 1.58. The Balaban J connectivity index is 1.61. The van der Waals surface area contributed by atoms with E-state index in [1.165, 1.54) is 16.5 Å². The molecule has 3 aromatic heterocycles. The standard InChI is InChI=1S/C24H18N6O4/c1-26-19-18(22(33)27(2)24(26)34)28-12-15(30(23(28)25-19)14-8-4-3-5-9-14)13-29-20(31)16-10-6-7-11-17(16)21(29)32/h3-12H,13H2,1-2H3. The molecule has 1 aliphatic rings. The zero-order valence-corrected chi connectivity index (χ0v) is 18.3. The summed E-state index contributed by atoms with van der Waals surface area (Å²) in [6.07, 6.45) is 1.69. The molecule has 168 valence electrons. The summed E-state index contributed by atoms with van der Waals surface area (Å²) < 4.78 is 5.74. The molecule has 0 bridgehead atoms. The average molecular weight is 454 g/mol. The summed E-state index contributed by atoms with van der Waals surface area (Å²) >= 11 is 0. The number of nitrogens with zero attached hydrogens (tertiary/aromatic N) is 6. The lowest BCUT2D eigenvalue weighted by Crippen LogP contribution is -2.37. The first-order chi connectivity index (χ1) is 16.4. The number of hydrogen-bond acceptors (Lipinski definition) is 5. The lowest BCUT2D eigenvalue weighted by molar-refractivity contribution is 0.0639. The predicted octanol–water partition coefficient (Wildman–Crippen LogP) is 1.47. The Hall–Kier alpha value is -4.73. The quantitative estimate of drug-likeness (QED) is 0.384. The van der Waals surface area contributed by atoms with Crippen LogP contribution in [-0.2, 0) is 20.6 Å². The van der Waals surface area contributed by atoms with Gasteiger partial charge in [-0.1, -0.05) is 30.3 Å². The first kappa shape index (κ1) is 19.9. The monoisotopic (exact) mass is 454 g/mol. The van der Waals surface area contributed by atoms with Gasteiger partial charge in [-0.3, -0.25) is 37.4 Å². The van der Waals surface area contributed by atoms with Crippen LogP contribution in [-0.4, -0.2) is 39.8 Å². The van der Waals surface area contributed by atoms with Crippen LogP contribution in [0.2, 0.25) is 0 Å². The van der Waals surface area contributed by atoms with E-state index in [2.05, 4.69) is 4.98 Å². The van der Waals surface area contributed by atoms with Gasteiger partial charge in [-0.05, 0) is 24.3 Å². The van der Waals surface area contributed by atoms with E-state index in [0.717, 1.165) is 10.3 Å². The van der Waals surface area contributed by atoms with Crippen LogP contribution >= 0.6 is 0 Å². The van der Waals surface area contributed by atoms with Crippen molar-refractivity contribution >= 4 is 28.8 Å². The van der Waals surface area contributed by atoms with E-state index in [4.69, 9.17) is 0 Å². The third-order valence-corrected chi connectivity index (χ3v) is 6.25. The van der Waals surface area contributed by atoms with Crippen molar-refractivity contribution in [3.05, 3.63) is 98.5 Å². The molecule has 10 heteroatoms. The van der Waals surface area contributed by atoms with Gasteiger partial charge in [0, 0.05) is 26.0 Å². The van der Waals surface area contributed by atoms with E-state index < -0.39 is 11.2 Å². The molecule has 1 aliphatic heterocycles. The molecule has 0 aliphatic carbocycles. The molecule has 0 fully saturated rings. The minimum atomic E-state index is -0.483. The van der Waals surface area contributed by atoms with E-state index in [1.54, 1.807) is 46.5 Å². The van der Waals surface area contributed by atoms with E-state index in [-0.39, 0.29) is 29.5 Å². The van der Waals surface area contributed by atoms with E-state index in [0.29, 0.717) is 22.6 Å². The second-order valence-corrected chi connectivity index (χ2v) is 8.19. The third-order valence-electron chi connectivity index (χ3n) is 6.25. The minimum absolute atomic E-state index is 0.0157. The summed E-state index contributed by atoms with van der Waals surface area (Å²) in [5.74, 6) is -0.351. The minimum Gasteiger partial charge on any atom is -0.281 e. The third kappa shape index (κ3) is 2.53. The van der Waals surface area contributed by atoms with Crippen molar-refractivity contribution in [3.63, 3.8) is 0 Å². The predicted molar refractivity (Wildman–Crippen MR) is 123 cm³/mol. The Bertz CT molecular complexity index is 1750. The number of aromatic nitrogens is 5. The average Bonchev–Trinajstić information content (AvgIpc) is 3.47. The van der Waals surface area contributed by atoms with Gasteiger partial charge in [-0.25, -0.2) is 4.79 Å². The lowest BCUT2D eigenvalue weighted by Gasteiger charge is -2.15. The molecule has 0 saturated heterocycles. The topological polar surface area (TPSA) is 104 Å². The van der Waals surface area contributed by atoms with Gasteiger partial charge in [0.25, 0.3) is 17.4 Å². The second kappa shape index (κ2) is 6.88. The highest BCUT2D eigenvalue weighted by atomic mass is 16.2. The van der Waals surface area contributed by atoms with E-state index in [1.807, 2.05) is 30.3 Å². The first-order valence-electron chi connectivity index (χ1n) is 10.6. The maximum Gasteiger partial charge on any atom is 0.332 e. The van der Waals surface area contributed by atoms with Crippen LogP contribution < -0.4 is 11.2 Å². The number of imide groups is 1. The summed E-state index contributed by atoms with van der Waals surface area (Å²) in [4.78, 5) is 57.2. The van der Waals surface area contributed by atoms with Crippen molar-refractivity contribution in [2.45, 2.75) is 6.54 Å². The number of para-hydroxylation sites is 1. The SMILES string of the molecule is Cn1c(=O)c2c(nc3n(-c4ccccc4)c(CN4C(=O)c5ccccc5C4=O)cn23)n(C)c1=O. The van der Waals surface area contributed by atoms with Gasteiger partial charge in [-0.15, -0.1) is 0 Å². The fourth-order valence-electron chi connectivity index (χ4n) is 4.53. The number of hydrogen-bond donors (Lipinski definition) is 0. The molecule has 34 heavy (non-hydrogen) atoms. The van der Waals surface area contributed by atoms with Gasteiger partial charge in [0.15, 0.2) is 11.2 Å². The number of amides is 2. The number of carbonyl (C=O) groups is 2. The Kier molecular flexibility index (Phi) is 4.03. The lowest BCUT2D eigenvalue weighted by atomic mass is 10.1. The van der Waals surface area contributed by atoms with Gasteiger partial charge in [0.1, 0.15) is 0 Å². The molecule has 0 atom stereocenters. The molecule has 6 rings (SSSR count). The van der Waals surface area contributed by atoms with Crippen molar-refractivity contribution < 1.29 is 9.59 Å². The summed E-state index contributed by atoms with van der Waals surface area (Å²) in [7, 11) is 2.97. The number of fused-ring (bicyclic) bond motifs is 4. The molecule has 0 saturated carbocycles. The second-order valence-electron chi connectivity index (χ2n) is 8.19. The molecular weight excluding hydrogens is 436 g/mol. The van der Waals surface area contributed by atoms with Crippen molar-refractivity contribution in [1.29, 1.82) is 0 Å². The molecule has 0 radical (unpaired) electrons. The van der Waals surface area contributed by atoms with Crippen molar-refractivity contribution in [2.75, 3.05) is 0 Å². The van der Waals surface area contributed by atoms with Gasteiger partial charge in [-0.2, -0.15) is 4.98 Å². The molecule has 0 unspecified atom stereocenters. The Labute approximate surface area is 191 Å². The van der Waals surface area contributed by atoms with Crippen LogP contribution in [0.1, 0.15) is 26.4 Å². The molecule has 0 spiro atoms. The molecule has 10 nitrogen and oxygen atoms in total. The summed E-state index contributed by atoms with van der Waals surface area (Å²) in [5, 5.41) is 0. The molecule has 2 aromatic carbocycles. The number of benzene rings is 2. The van der Waals surface area contributed by atoms with Crippen LogP contribution in [0.25, 0.3) is 22.6 Å². The molecule has 5 aromatic rings. The van der Waals surface area contributed by atoms with E-state index in [9.17, 15) is 19.2 Å². The molecule has 2 amide bonds. The molecule has 4 heterocycles. The highest BCUT2D eigenvalue weighted by molar-refractivity contribution is 6.21.